The third kappa shape index (κ3) is 2.56. The van der Waals surface area contributed by atoms with Crippen LogP contribution in [0.15, 0.2) is 30.3 Å². The van der Waals surface area contributed by atoms with Gasteiger partial charge in [-0.25, -0.2) is 0 Å². The van der Waals surface area contributed by atoms with Crippen molar-refractivity contribution < 1.29 is 0 Å². The summed E-state index contributed by atoms with van der Waals surface area (Å²) in [6, 6.07) is 11.6. The van der Waals surface area contributed by atoms with Crippen LogP contribution in [0.25, 0.3) is 0 Å². The molecule has 1 aromatic carbocycles. The quantitative estimate of drug-likeness (QED) is 0.760. The zero-order valence-electron chi connectivity index (χ0n) is 8.45. The Kier molecular flexibility index (Phi) is 3.17. The van der Waals surface area contributed by atoms with Crippen LogP contribution in [0.1, 0.15) is 24.8 Å². The molecule has 1 aliphatic rings. The second kappa shape index (κ2) is 4.58. The number of nitrogens with one attached hydrogen (secondary N) is 1. The Labute approximate surface area is 85.5 Å². The van der Waals surface area contributed by atoms with E-state index in [1.807, 2.05) is 0 Å². The van der Waals surface area contributed by atoms with Crippen molar-refractivity contribution in [3.63, 3.8) is 0 Å². The minimum Gasteiger partial charge on any atom is -0.328 e. The summed E-state index contributed by atoms with van der Waals surface area (Å²) in [6.45, 7) is 0.970. The van der Waals surface area contributed by atoms with Gasteiger partial charge in [0, 0.05) is 18.6 Å². The molecule has 0 radical (unpaired) electrons. The van der Waals surface area contributed by atoms with E-state index in [9.17, 15) is 0 Å². The molecule has 1 aliphatic carbocycles. The summed E-state index contributed by atoms with van der Waals surface area (Å²) < 4.78 is 0. The van der Waals surface area contributed by atoms with E-state index >= 15 is 0 Å². The van der Waals surface area contributed by atoms with Crippen molar-refractivity contribution in [1.29, 1.82) is 0 Å². The van der Waals surface area contributed by atoms with Gasteiger partial charge in [0.15, 0.2) is 0 Å². The lowest BCUT2D eigenvalue weighted by Crippen LogP contribution is -2.27. The first kappa shape index (κ1) is 9.69. The maximum atomic E-state index is 5.85. The molecule has 1 saturated carbocycles. The molecule has 0 amide bonds. The fraction of sp³-hybridized carbons (Fsp3) is 0.500. The molecule has 1 fully saturated rings. The molecule has 3 N–H and O–H groups in total. The lowest BCUT2D eigenvalue weighted by atomic mass is 10.2. The zero-order chi connectivity index (χ0) is 9.80. The van der Waals surface area contributed by atoms with Crippen LogP contribution in [-0.2, 0) is 6.54 Å². The van der Waals surface area contributed by atoms with Crippen LogP contribution in [0, 0.1) is 0 Å². The van der Waals surface area contributed by atoms with Crippen molar-refractivity contribution in [3.05, 3.63) is 35.9 Å². The van der Waals surface area contributed by atoms with E-state index in [1.54, 1.807) is 0 Å². The molecule has 0 aromatic heterocycles. The largest absolute Gasteiger partial charge is 0.328 e. The Hall–Kier alpha value is -0.860. The topological polar surface area (TPSA) is 38.0 Å². The maximum Gasteiger partial charge on any atom is 0.0208 e. The first-order valence-electron chi connectivity index (χ1n) is 5.37. The van der Waals surface area contributed by atoms with Crippen LogP contribution < -0.4 is 11.1 Å². The number of rotatable bonds is 3. The van der Waals surface area contributed by atoms with Gasteiger partial charge in [-0.15, -0.1) is 0 Å². The summed E-state index contributed by atoms with van der Waals surface area (Å²) in [6.07, 6.45) is 3.54. The summed E-state index contributed by atoms with van der Waals surface area (Å²) in [7, 11) is 0. The summed E-state index contributed by atoms with van der Waals surface area (Å²) in [4.78, 5) is 0. The predicted molar refractivity (Wildman–Crippen MR) is 58.9 cm³/mol. The van der Waals surface area contributed by atoms with Gasteiger partial charge in [0.25, 0.3) is 0 Å². The van der Waals surface area contributed by atoms with E-state index in [0.29, 0.717) is 12.1 Å². The van der Waals surface area contributed by atoms with Gasteiger partial charge >= 0.3 is 0 Å². The molecule has 0 aliphatic heterocycles. The molecule has 2 heteroatoms. The second-order valence-electron chi connectivity index (χ2n) is 4.14. The van der Waals surface area contributed by atoms with Crippen molar-refractivity contribution in [1.82, 2.24) is 5.32 Å². The molecule has 0 heterocycles. The molecule has 2 unspecified atom stereocenters. The molecule has 0 spiro atoms. The third-order valence-electron chi connectivity index (χ3n) is 2.91. The lowest BCUT2D eigenvalue weighted by Gasteiger charge is -2.11. The number of hydrogen-bond acceptors (Lipinski definition) is 2. The summed E-state index contributed by atoms with van der Waals surface area (Å²) in [5.74, 6) is 0. The molecule has 76 valence electrons. The molecule has 2 atom stereocenters. The van der Waals surface area contributed by atoms with Crippen LogP contribution in [-0.4, -0.2) is 12.1 Å². The highest BCUT2D eigenvalue weighted by atomic mass is 14.9. The highest BCUT2D eigenvalue weighted by Crippen LogP contribution is 2.17. The van der Waals surface area contributed by atoms with Gasteiger partial charge in [-0.3, -0.25) is 0 Å². The predicted octanol–water partition coefficient (Wildman–Crippen LogP) is 1.66. The summed E-state index contributed by atoms with van der Waals surface area (Å²) in [5.41, 5.74) is 7.21. The van der Waals surface area contributed by atoms with Gasteiger partial charge in [0.05, 0.1) is 0 Å². The van der Waals surface area contributed by atoms with Gasteiger partial charge < -0.3 is 11.1 Å². The Balaban J connectivity index is 1.78. The van der Waals surface area contributed by atoms with E-state index in [4.69, 9.17) is 5.73 Å². The van der Waals surface area contributed by atoms with E-state index in [-0.39, 0.29) is 0 Å². The van der Waals surface area contributed by atoms with E-state index < -0.39 is 0 Å². The minimum atomic E-state index is 0.420. The molecule has 0 saturated heterocycles. The van der Waals surface area contributed by atoms with E-state index in [2.05, 4.69) is 35.6 Å². The maximum absolute atomic E-state index is 5.85. The fourth-order valence-electron chi connectivity index (χ4n) is 2.06. The smallest absolute Gasteiger partial charge is 0.0208 e. The van der Waals surface area contributed by atoms with E-state index in [1.165, 1.54) is 18.4 Å². The van der Waals surface area contributed by atoms with Crippen LogP contribution in [0.2, 0.25) is 0 Å². The van der Waals surface area contributed by atoms with Crippen LogP contribution in [0.3, 0.4) is 0 Å². The minimum absolute atomic E-state index is 0.420. The number of nitrogens with two attached hydrogens (primary N) is 1. The van der Waals surface area contributed by atoms with Gasteiger partial charge in [-0.05, 0) is 24.8 Å². The number of benzene rings is 1. The first-order chi connectivity index (χ1) is 6.84. The average molecular weight is 190 g/mol. The third-order valence-corrected chi connectivity index (χ3v) is 2.91. The monoisotopic (exact) mass is 190 g/mol. The Bertz CT molecular complexity index is 271. The number of hydrogen-bond donors (Lipinski definition) is 2. The highest BCUT2D eigenvalue weighted by molar-refractivity contribution is 5.14. The van der Waals surface area contributed by atoms with Gasteiger partial charge in [-0.2, -0.15) is 0 Å². The first-order valence-corrected chi connectivity index (χ1v) is 5.37. The van der Waals surface area contributed by atoms with Gasteiger partial charge in [-0.1, -0.05) is 30.3 Å². The standard InChI is InChI=1S/C12H18N2/c13-11-6-7-12(8-11)14-9-10-4-2-1-3-5-10/h1-5,11-12,14H,6-9,13H2. The van der Waals surface area contributed by atoms with Crippen molar-refractivity contribution in [2.45, 2.75) is 37.9 Å². The van der Waals surface area contributed by atoms with Crippen LogP contribution in [0.4, 0.5) is 0 Å². The SMILES string of the molecule is NC1CCC(NCc2ccccc2)C1. The van der Waals surface area contributed by atoms with Crippen molar-refractivity contribution in [3.8, 4) is 0 Å². The van der Waals surface area contributed by atoms with Crippen molar-refractivity contribution in [2.24, 2.45) is 5.73 Å². The van der Waals surface area contributed by atoms with Gasteiger partial charge in [0.1, 0.15) is 0 Å². The van der Waals surface area contributed by atoms with Gasteiger partial charge in [0.2, 0.25) is 0 Å². The normalized spacial score (nSPS) is 26.6. The fourth-order valence-corrected chi connectivity index (χ4v) is 2.06. The molecule has 2 nitrogen and oxygen atoms in total. The molecular weight excluding hydrogens is 172 g/mol. The average Bonchev–Trinajstić information content (AvgIpc) is 2.63. The van der Waals surface area contributed by atoms with Crippen LogP contribution >= 0.6 is 0 Å². The Morgan fingerprint density at radius 3 is 2.64 bits per heavy atom. The molecule has 14 heavy (non-hydrogen) atoms. The highest BCUT2D eigenvalue weighted by Gasteiger charge is 2.20. The molecule has 2 rings (SSSR count). The van der Waals surface area contributed by atoms with Crippen LogP contribution in [0.5, 0.6) is 0 Å². The Morgan fingerprint density at radius 1 is 1.21 bits per heavy atom. The van der Waals surface area contributed by atoms with Crippen molar-refractivity contribution >= 4 is 0 Å². The molecular formula is C12H18N2. The summed E-state index contributed by atoms with van der Waals surface area (Å²) >= 11 is 0. The molecule has 0 bridgehead atoms. The Morgan fingerprint density at radius 2 is 2.00 bits per heavy atom. The zero-order valence-corrected chi connectivity index (χ0v) is 8.45. The lowest BCUT2D eigenvalue weighted by molar-refractivity contribution is 0.517. The summed E-state index contributed by atoms with van der Waals surface area (Å²) in [5, 5.41) is 3.55. The second-order valence-corrected chi connectivity index (χ2v) is 4.14. The van der Waals surface area contributed by atoms with E-state index in [0.717, 1.165) is 13.0 Å². The van der Waals surface area contributed by atoms with Crippen molar-refractivity contribution in [2.75, 3.05) is 0 Å². The molecule has 1 aromatic rings.